The first-order chi connectivity index (χ1) is 9.90. The zero-order valence-electron chi connectivity index (χ0n) is 12.8. The summed E-state index contributed by atoms with van der Waals surface area (Å²) in [5, 5.41) is 8.77. The lowest BCUT2D eigenvalue weighted by Crippen LogP contribution is -2.38. The second-order valence-corrected chi connectivity index (χ2v) is 4.81. The lowest BCUT2D eigenvalue weighted by atomic mass is 10.1. The van der Waals surface area contributed by atoms with E-state index in [1.165, 1.54) is 19.1 Å². The highest BCUT2D eigenvalue weighted by Gasteiger charge is 2.20. The Morgan fingerprint density at radius 1 is 1.19 bits per heavy atom. The van der Waals surface area contributed by atoms with Crippen LogP contribution in [0.25, 0.3) is 0 Å². The van der Waals surface area contributed by atoms with Gasteiger partial charge in [0.05, 0.1) is 20.6 Å². The van der Waals surface area contributed by atoms with Crippen molar-refractivity contribution in [2.45, 2.75) is 26.3 Å². The van der Waals surface area contributed by atoms with Gasteiger partial charge in [-0.25, -0.2) is 0 Å². The van der Waals surface area contributed by atoms with Gasteiger partial charge in [0, 0.05) is 18.2 Å². The highest BCUT2D eigenvalue weighted by Crippen LogP contribution is 2.28. The zero-order valence-corrected chi connectivity index (χ0v) is 12.8. The lowest BCUT2D eigenvalue weighted by molar-refractivity contribution is -0.137. The number of benzene rings is 1. The van der Waals surface area contributed by atoms with Crippen molar-refractivity contribution in [2.24, 2.45) is 0 Å². The van der Waals surface area contributed by atoms with Crippen LogP contribution in [0.5, 0.6) is 11.5 Å². The average molecular weight is 295 g/mol. The first kappa shape index (κ1) is 16.8. The van der Waals surface area contributed by atoms with Gasteiger partial charge in [-0.15, -0.1) is 0 Å². The van der Waals surface area contributed by atoms with Crippen molar-refractivity contribution in [1.29, 1.82) is 0 Å². The fourth-order valence-electron chi connectivity index (χ4n) is 1.95. The van der Waals surface area contributed by atoms with E-state index in [4.69, 9.17) is 14.6 Å². The lowest BCUT2D eigenvalue weighted by Gasteiger charge is -2.26. The minimum absolute atomic E-state index is 0.0861. The van der Waals surface area contributed by atoms with E-state index < -0.39 is 5.97 Å². The van der Waals surface area contributed by atoms with Crippen LogP contribution in [-0.2, 0) is 4.79 Å². The van der Waals surface area contributed by atoms with Crippen molar-refractivity contribution >= 4 is 11.9 Å². The van der Waals surface area contributed by atoms with E-state index >= 15 is 0 Å². The summed E-state index contributed by atoms with van der Waals surface area (Å²) in [6.45, 7) is 3.86. The summed E-state index contributed by atoms with van der Waals surface area (Å²) in [5.41, 5.74) is 0.437. The zero-order chi connectivity index (χ0) is 16.0. The molecule has 1 aromatic carbocycles. The average Bonchev–Trinajstić information content (AvgIpc) is 2.45. The van der Waals surface area contributed by atoms with Gasteiger partial charge in [0.15, 0.2) is 11.5 Å². The molecule has 1 aromatic rings. The van der Waals surface area contributed by atoms with Gasteiger partial charge in [0.2, 0.25) is 0 Å². The summed E-state index contributed by atoms with van der Waals surface area (Å²) in [7, 11) is 3.02. The number of methoxy groups -OCH3 is 2. The number of nitrogens with zero attached hydrogens (tertiary/aromatic N) is 1. The van der Waals surface area contributed by atoms with Gasteiger partial charge in [-0.2, -0.15) is 0 Å². The van der Waals surface area contributed by atoms with Crippen LogP contribution in [-0.4, -0.2) is 48.7 Å². The van der Waals surface area contributed by atoms with Gasteiger partial charge >= 0.3 is 5.97 Å². The number of carbonyl (C=O) groups excluding carboxylic acids is 1. The maximum absolute atomic E-state index is 12.5. The molecule has 0 aliphatic heterocycles. The van der Waals surface area contributed by atoms with E-state index in [1.54, 1.807) is 18.2 Å². The SMILES string of the molecule is COc1ccc(C(=O)N(CCC(=O)O)C(C)C)cc1OC. The Morgan fingerprint density at radius 2 is 1.81 bits per heavy atom. The molecular weight excluding hydrogens is 274 g/mol. The van der Waals surface area contributed by atoms with E-state index in [0.717, 1.165) is 0 Å². The van der Waals surface area contributed by atoms with Gasteiger partial charge < -0.3 is 19.5 Å². The summed E-state index contributed by atoms with van der Waals surface area (Å²) in [5.74, 6) is -0.158. The number of rotatable bonds is 7. The number of carboxylic acid groups (broad SMARTS) is 1. The topological polar surface area (TPSA) is 76.1 Å². The first-order valence-corrected chi connectivity index (χ1v) is 6.65. The third-order valence-corrected chi connectivity index (χ3v) is 3.08. The Hall–Kier alpha value is -2.24. The Bertz CT molecular complexity index is 513. The normalized spacial score (nSPS) is 10.3. The maximum Gasteiger partial charge on any atom is 0.305 e. The number of hydrogen-bond donors (Lipinski definition) is 1. The molecule has 0 unspecified atom stereocenters. The Labute approximate surface area is 124 Å². The first-order valence-electron chi connectivity index (χ1n) is 6.65. The Kier molecular flexibility index (Phi) is 6.02. The Morgan fingerprint density at radius 3 is 2.29 bits per heavy atom. The predicted molar refractivity (Wildman–Crippen MR) is 78.0 cm³/mol. The molecular formula is C15H21NO5. The number of aliphatic carboxylic acids is 1. The van der Waals surface area contributed by atoms with Crippen molar-refractivity contribution in [3.63, 3.8) is 0 Å². The summed E-state index contributed by atoms with van der Waals surface area (Å²) >= 11 is 0. The van der Waals surface area contributed by atoms with Crippen LogP contribution in [0.2, 0.25) is 0 Å². The molecule has 0 bridgehead atoms. The van der Waals surface area contributed by atoms with E-state index in [9.17, 15) is 9.59 Å². The molecule has 0 heterocycles. The molecule has 0 radical (unpaired) electrons. The number of carbonyl (C=O) groups is 2. The Balaban J connectivity index is 3.00. The van der Waals surface area contributed by atoms with Gasteiger partial charge in [0.1, 0.15) is 0 Å². The standard InChI is InChI=1S/C15H21NO5/c1-10(2)16(8-7-14(17)18)15(19)11-5-6-12(20-3)13(9-11)21-4/h5-6,9-10H,7-8H2,1-4H3,(H,17,18). The molecule has 0 saturated carbocycles. The maximum atomic E-state index is 12.5. The molecule has 1 N–H and O–H groups in total. The summed E-state index contributed by atoms with van der Waals surface area (Å²) in [6, 6.07) is 4.80. The minimum Gasteiger partial charge on any atom is -0.493 e. The molecule has 0 aliphatic carbocycles. The molecule has 116 valence electrons. The summed E-state index contributed by atoms with van der Waals surface area (Å²) in [4.78, 5) is 24.7. The molecule has 0 fully saturated rings. The van der Waals surface area contributed by atoms with Crippen LogP contribution in [0.1, 0.15) is 30.6 Å². The third kappa shape index (κ3) is 4.37. The largest absolute Gasteiger partial charge is 0.493 e. The van der Waals surface area contributed by atoms with Gasteiger partial charge in [-0.3, -0.25) is 9.59 Å². The second kappa shape index (κ2) is 7.52. The van der Waals surface area contributed by atoms with E-state index in [0.29, 0.717) is 17.1 Å². The molecule has 0 saturated heterocycles. The van der Waals surface area contributed by atoms with E-state index in [-0.39, 0.29) is 24.9 Å². The van der Waals surface area contributed by atoms with Crippen molar-refractivity contribution < 1.29 is 24.2 Å². The van der Waals surface area contributed by atoms with Crippen LogP contribution >= 0.6 is 0 Å². The summed E-state index contributed by atoms with van der Waals surface area (Å²) < 4.78 is 10.3. The number of ether oxygens (including phenoxy) is 2. The van der Waals surface area contributed by atoms with Crippen molar-refractivity contribution in [2.75, 3.05) is 20.8 Å². The second-order valence-electron chi connectivity index (χ2n) is 4.81. The third-order valence-electron chi connectivity index (χ3n) is 3.08. The minimum atomic E-state index is -0.930. The number of hydrogen-bond acceptors (Lipinski definition) is 4. The number of amides is 1. The predicted octanol–water partition coefficient (Wildman–Crippen LogP) is 2.03. The molecule has 0 aliphatic rings. The molecule has 21 heavy (non-hydrogen) atoms. The highest BCUT2D eigenvalue weighted by atomic mass is 16.5. The van der Waals surface area contributed by atoms with Gasteiger partial charge in [-0.1, -0.05) is 0 Å². The molecule has 0 aromatic heterocycles. The van der Waals surface area contributed by atoms with E-state index in [1.807, 2.05) is 13.8 Å². The highest BCUT2D eigenvalue weighted by molar-refractivity contribution is 5.95. The monoisotopic (exact) mass is 295 g/mol. The fraction of sp³-hybridized carbons (Fsp3) is 0.467. The van der Waals surface area contributed by atoms with Crippen LogP contribution in [0.15, 0.2) is 18.2 Å². The molecule has 0 atom stereocenters. The van der Waals surface area contributed by atoms with Crippen molar-refractivity contribution in [3.8, 4) is 11.5 Å². The quantitative estimate of drug-likeness (QED) is 0.833. The van der Waals surface area contributed by atoms with Crippen LogP contribution < -0.4 is 9.47 Å². The van der Waals surface area contributed by atoms with Crippen LogP contribution in [0, 0.1) is 0 Å². The summed E-state index contributed by atoms with van der Waals surface area (Å²) in [6.07, 6.45) is -0.0861. The molecule has 1 amide bonds. The van der Waals surface area contributed by atoms with Crippen LogP contribution in [0.3, 0.4) is 0 Å². The van der Waals surface area contributed by atoms with E-state index in [2.05, 4.69) is 0 Å². The van der Waals surface area contributed by atoms with Gasteiger partial charge in [0.25, 0.3) is 5.91 Å². The fourth-order valence-corrected chi connectivity index (χ4v) is 1.95. The molecule has 1 rings (SSSR count). The molecule has 0 spiro atoms. The smallest absolute Gasteiger partial charge is 0.305 e. The van der Waals surface area contributed by atoms with Crippen molar-refractivity contribution in [3.05, 3.63) is 23.8 Å². The number of carboxylic acids is 1. The van der Waals surface area contributed by atoms with Crippen LogP contribution in [0.4, 0.5) is 0 Å². The van der Waals surface area contributed by atoms with Crippen molar-refractivity contribution in [1.82, 2.24) is 4.90 Å². The molecule has 6 heteroatoms. The molecule has 6 nitrogen and oxygen atoms in total. The van der Waals surface area contributed by atoms with Gasteiger partial charge in [-0.05, 0) is 32.0 Å².